The highest BCUT2D eigenvalue weighted by atomic mass is 79.9. The van der Waals surface area contributed by atoms with Crippen LogP contribution < -0.4 is 5.32 Å². The molecule has 0 aliphatic heterocycles. The maximum absolute atomic E-state index is 3.92. The first kappa shape index (κ1) is 9.41. The molecule has 0 amide bonds. The van der Waals surface area contributed by atoms with Gasteiger partial charge in [0.25, 0.3) is 0 Å². The van der Waals surface area contributed by atoms with Gasteiger partial charge >= 0.3 is 0 Å². The Hall–Kier alpha value is -0.680. The predicted octanol–water partition coefficient (Wildman–Crippen LogP) is 0.813. The lowest BCUT2D eigenvalue weighted by Gasteiger charge is -1.98. The molecule has 0 saturated carbocycles. The van der Waals surface area contributed by atoms with Gasteiger partial charge in [0.2, 0.25) is 0 Å². The van der Waals surface area contributed by atoms with Crippen molar-refractivity contribution < 1.29 is 0 Å². The van der Waals surface area contributed by atoms with E-state index in [-0.39, 0.29) is 0 Å². The van der Waals surface area contributed by atoms with Crippen LogP contribution in [0.4, 0.5) is 0 Å². The van der Waals surface area contributed by atoms with Gasteiger partial charge in [-0.05, 0) is 0 Å². The Labute approximate surface area is 79.8 Å². The molecule has 0 aliphatic rings. The minimum absolute atomic E-state index is 0.721. The Kier molecular flexibility index (Phi) is 3.43. The first-order chi connectivity index (χ1) is 5.68. The van der Waals surface area contributed by atoms with Crippen molar-refractivity contribution in [1.29, 1.82) is 0 Å². The van der Waals surface area contributed by atoms with E-state index >= 15 is 0 Å². The molecule has 0 saturated heterocycles. The average molecular weight is 231 g/mol. The molecular weight excluding hydrogens is 220 g/mol. The second-order valence-corrected chi connectivity index (χ2v) is 3.63. The third-order valence-corrected chi connectivity index (χ3v) is 1.55. The highest BCUT2D eigenvalue weighted by Gasteiger charge is 1.96. The zero-order valence-corrected chi connectivity index (χ0v) is 8.50. The zero-order valence-electron chi connectivity index (χ0n) is 6.92. The van der Waals surface area contributed by atoms with Crippen LogP contribution in [0.2, 0.25) is 0 Å². The van der Waals surface area contributed by atoms with Crippen LogP contribution in [0.15, 0.2) is 17.3 Å². The standard InChI is InChI=1S/C7H11BrN4/c1-6(8)3-9-4-7-5-12(2)11-10-7/h5,9H,1,3-4H2,2H3. The first-order valence-electron chi connectivity index (χ1n) is 3.57. The van der Waals surface area contributed by atoms with Gasteiger partial charge in [-0.1, -0.05) is 27.7 Å². The summed E-state index contributed by atoms with van der Waals surface area (Å²) in [5, 5.41) is 10.9. The molecule has 1 aromatic heterocycles. The van der Waals surface area contributed by atoms with E-state index in [9.17, 15) is 0 Å². The highest BCUT2D eigenvalue weighted by Crippen LogP contribution is 1.97. The van der Waals surface area contributed by atoms with Gasteiger partial charge in [-0.2, -0.15) is 0 Å². The molecule has 0 aromatic carbocycles. The smallest absolute Gasteiger partial charge is 0.0964 e. The fraction of sp³-hybridized carbons (Fsp3) is 0.429. The number of aromatic nitrogens is 3. The summed E-state index contributed by atoms with van der Waals surface area (Å²) in [6, 6.07) is 0. The quantitative estimate of drug-likeness (QED) is 0.833. The summed E-state index contributed by atoms with van der Waals surface area (Å²) >= 11 is 3.25. The van der Waals surface area contributed by atoms with Crippen LogP contribution in [0, 0.1) is 0 Å². The van der Waals surface area contributed by atoms with Gasteiger partial charge in [0.05, 0.1) is 5.69 Å². The van der Waals surface area contributed by atoms with Crippen LogP contribution in [-0.4, -0.2) is 21.5 Å². The summed E-state index contributed by atoms with van der Waals surface area (Å²) < 4.78 is 2.62. The molecule has 1 rings (SSSR count). The summed E-state index contributed by atoms with van der Waals surface area (Å²) in [7, 11) is 1.85. The van der Waals surface area contributed by atoms with E-state index in [1.807, 2.05) is 13.2 Å². The van der Waals surface area contributed by atoms with Crippen molar-refractivity contribution in [2.75, 3.05) is 6.54 Å². The van der Waals surface area contributed by atoms with Crippen molar-refractivity contribution >= 4 is 15.9 Å². The molecule has 1 aromatic rings. The molecule has 1 N–H and O–H groups in total. The largest absolute Gasteiger partial charge is 0.306 e. The normalized spacial score (nSPS) is 10.2. The number of halogens is 1. The fourth-order valence-corrected chi connectivity index (χ4v) is 1.00. The van der Waals surface area contributed by atoms with Crippen LogP contribution in [0.25, 0.3) is 0 Å². The molecule has 0 spiro atoms. The van der Waals surface area contributed by atoms with Crippen molar-refractivity contribution in [3.8, 4) is 0 Å². The van der Waals surface area contributed by atoms with Crippen LogP contribution in [-0.2, 0) is 13.6 Å². The summed E-state index contributed by atoms with van der Waals surface area (Å²) in [6.45, 7) is 5.17. The third-order valence-electron chi connectivity index (χ3n) is 1.27. The molecule has 12 heavy (non-hydrogen) atoms. The van der Waals surface area contributed by atoms with E-state index in [1.54, 1.807) is 4.68 Å². The number of hydrogen-bond donors (Lipinski definition) is 1. The minimum atomic E-state index is 0.721. The van der Waals surface area contributed by atoms with Crippen molar-refractivity contribution in [2.45, 2.75) is 6.54 Å². The molecule has 0 aliphatic carbocycles. The zero-order chi connectivity index (χ0) is 8.97. The molecule has 0 atom stereocenters. The van der Waals surface area contributed by atoms with E-state index in [0.717, 1.165) is 23.3 Å². The van der Waals surface area contributed by atoms with E-state index in [2.05, 4.69) is 38.1 Å². The lowest BCUT2D eigenvalue weighted by atomic mass is 10.4. The summed E-state index contributed by atoms with van der Waals surface area (Å²) in [5.41, 5.74) is 0.936. The molecular formula is C7H11BrN4. The Morgan fingerprint density at radius 3 is 3.08 bits per heavy atom. The lowest BCUT2D eigenvalue weighted by molar-refractivity contribution is 0.705. The maximum Gasteiger partial charge on any atom is 0.0964 e. The monoisotopic (exact) mass is 230 g/mol. The SMILES string of the molecule is C=C(Br)CNCc1cn(C)nn1. The van der Waals surface area contributed by atoms with Crippen LogP contribution in [0.3, 0.4) is 0 Å². The van der Waals surface area contributed by atoms with Crippen LogP contribution >= 0.6 is 15.9 Å². The van der Waals surface area contributed by atoms with Gasteiger partial charge in [0, 0.05) is 30.8 Å². The van der Waals surface area contributed by atoms with E-state index in [1.165, 1.54) is 0 Å². The van der Waals surface area contributed by atoms with Crippen molar-refractivity contribution in [2.24, 2.45) is 7.05 Å². The number of hydrogen-bond acceptors (Lipinski definition) is 3. The van der Waals surface area contributed by atoms with Crippen molar-refractivity contribution in [3.63, 3.8) is 0 Å². The van der Waals surface area contributed by atoms with Gasteiger partial charge in [0.1, 0.15) is 0 Å². The molecule has 5 heteroatoms. The molecule has 4 nitrogen and oxygen atoms in total. The van der Waals surface area contributed by atoms with Gasteiger partial charge in [-0.15, -0.1) is 5.10 Å². The van der Waals surface area contributed by atoms with E-state index in [4.69, 9.17) is 0 Å². The van der Waals surface area contributed by atoms with Gasteiger partial charge in [0.15, 0.2) is 0 Å². The summed E-state index contributed by atoms with van der Waals surface area (Å²) in [5.74, 6) is 0. The molecule has 0 unspecified atom stereocenters. The third kappa shape index (κ3) is 3.15. The molecule has 0 bridgehead atoms. The summed E-state index contributed by atoms with van der Waals surface area (Å²) in [4.78, 5) is 0. The number of rotatable bonds is 4. The van der Waals surface area contributed by atoms with Crippen molar-refractivity contribution in [3.05, 3.63) is 23.0 Å². The highest BCUT2D eigenvalue weighted by molar-refractivity contribution is 9.11. The Morgan fingerprint density at radius 1 is 1.83 bits per heavy atom. The van der Waals surface area contributed by atoms with Crippen molar-refractivity contribution in [1.82, 2.24) is 20.3 Å². The number of nitrogens with zero attached hydrogens (tertiary/aromatic N) is 3. The Bertz CT molecular complexity index is 268. The predicted molar refractivity (Wildman–Crippen MR) is 50.8 cm³/mol. The second-order valence-electron chi connectivity index (χ2n) is 2.50. The second kappa shape index (κ2) is 4.37. The number of aryl methyl sites for hydroxylation is 1. The van der Waals surface area contributed by atoms with Gasteiger partial charge in [-0.3, -0.25) is 4.68 Å². The maximum atomic E-state index is 3.92. The molecule has 1 heterocycles. The average Bonchev–Trinajstić information content (AvgIpc) is 2.35. The molecule has 66 valence electrons. The summed E-state index contributed by atoms with van der Waals surface area (Å²) in [6.07, 6.45) is 1.88. The van der Waals surface area contributed by atoms with Gasteiger partial charge < -0.3 is 5.32 Å². The Balaban J connectivity index is 2.29. The van der Waals surface area contributed by atoms with Crippen LogP contribution in [0.5, 0.6) is 0 Å². The molecule has 0 fully saturated rings. The lowest BCUT2D eigenvalue weighted by Crippen LogP contribution is -2.14. The van der Waals surface area contributed by atoms with E-state index in [0.29, 0.717) is 0 Å². The fourth-order valence-electron chi connectivity index (χ4n) is 0.802. The van der Waals surface area contributed by atoms with E-state index < -0.39 is 0 Å². The van der Waals surface area contributed by atoms with Gasteiger partial charge in [-0.25, -0.2) is 0 Å². The van der Waals surface area contributed by atoms with Crippen LogP contribution in [0.1, 0.15) is 5.69 Å². The molecule has 0 radical (unpaired) electrons. The minimum Gasteiger partial charge on any atom is -0.306 e. The first-order valence-corrected chi connectivity index (χ1v) is 4.37. The Morgan fingerprint density at radius 2 is 2.58 bits per heavy atom. The topological polar surface area (TPSA) is 42.7 Å². The number of nitrogens with one attached hydrogen (secondary N) is 1.